The third kappa shape index (κ3) is 2.50. The largest absolute Gasteiger partial charge is 0.495 e. The standard InChI is InChI=1S/C15H15ClO2/c1-10-5-3-4-6-12(10)15(17)11-7-8-14(18-2)13(16)9-11/h3-9,15,17H,1-2H3. The molecule has 0 aliphatic heterocycles. The van der Waals surface area contributed by atoms with Gasteiger partial charge in [0, 0.05) is 0 Å². The molecule has 18 heavy (non-hydrogen) atoms. The van der Waals surface area contributed by atoms with Crippen molar-refractivity contribution in [2.45, 2.75) is 13.0 Å². The first-order valence-electron chi connectivity index (χ1n) is 5.70. The third-order valence-corrected chi connectivity index (χ3v) is 3.27. The van der Waals surface area contributed by atoms with Gasteiger partial charge in [0.15, 0.2) is 0 Å². The lowest BCUT2D eigenvalue weighted by Gasteiger charge is -2.15. The van der Waals surface area contributed by atoms with Gasteiger partial charge in [0.25, 0.3) is 0 Å². The molecule has 0 bridgehead atoms. The van der Waals surface area contributed by atoms with Crippen LogP contribution in [0.5, 0.6) is 5.75 Å². The van der Waals surface area contributed by atoms with Crippen molar-refractivity contribution in [3.05, 3.63) is 64.2 Å². The van der Waals surface area contributed by atoms with E-state index >= 15 is 0 Å². The van der Waals surface area contributed by atoms with Gasteiger partial charge in [-0.05, 0) is 35.7 Å². The zero-order valence-electron chi connectivity index (χ0n) is 10.4. The van der Waals surface area contributed by atoms with E-state index in [1.165, 1.54) is 0 Å². The Balaban J connectivity index is 2.37. The number of aryl methyl sites for hydroxylation is 1. The number of rotatable bonds is 3. The van der Waals surface area contributed by atoms with E-state index in [0.29, 0.717) is 10.8 Å². The number of halogens is 1. The quantitative estimate of drug-likeness (QED) is 0.913. The fraction of sp³-hybridized carbons (Fsp3) is 0.200. The highest BCUT2D eigenvalue weighted by molar-refractivity contribution is 6.32. The SMILES string of the molecule is COc1ccc(C(O)c2ccccc2C)cc1Cl. The van der Waals surface area contributed by atoms with E-state index in [0.717, 1.165) is 16.7 Å². The van der Waals surface area contributed by atoms with E-state index in [9.17, 15) is 5.11 Å². The number of hydrogen-bond acceptors (Lipinski definition) is 2. The van der Waals surface area contributed by atoms with Crippen LogP contribution in [0.1, 0.15) is 22.8 Å². The summed E-state index contributed by atoms with van der Waals surface area (Å²) in [6.45, 7) is 1.98. The monoisotopic (exact) mass is 262 g/mol. The van der Waals surface area contributed by atoms with E-state index in [1.54, 1.807) is 19.2 Å². The molecule has 3 heteroatoms. The highest BCUT2D eigenvalue weighted by Crippen LogP contribution is 2.31. The van der Waals surface area contributed by atoms with E-state index in [-0.39, 0.29) is 0 Å². The summed E-state index contributed by atoms with van der Waals surface area (Å²) >= 11 is 6.06. The molecule has 0 spiro atoms. The van der Waals surface area contributed by atoms with Crippen LogP contribution >= 0.6 is 11.6 Å². The van der Waals surface area contributed by atoms with Crippen LogP contribution in [0.25, 0.3) is 0 Å². The first kappa shape index (κ1) is 12.9. The van der Waals surface area contributed by atoms with E-state index in [2.05, 4.69) is 0 Å². The minimum Gasteiger partial charge on any atom is -0.495 e. The zero-order valence-corrected chi connectivity index (χ0v) is 11.1. The molecule has 2 nitrogen and oxygen atoms in total. The van der Waals surface area contributed by atoms with Crippen LogP contribution in [-0.4, -0.2) is 12.2 Å². The molecule has 1 atom stereocenters. The molecule has 2 aromatic rings. The summed E-state index contributed by atoms with van der Waals surface area (Å²) < 4.78 is 5.10. The van der Waals surface area contributed by atoms with E-state index < -0.39 is 6.10 Å². The predicted molar refractivity (Wildman–Crippen MR) is 73.2 cm³/mol. The van der Waals surface area contributed by atoms with Crippen LogP contribution < -0.4 is 4.74 Å². The maximum absolute atomic E-state index is 10.4. The Morgan fingerprint density at radius 2 is 1.89 bits per heavy atom. The molecule has 0 aliphatic carbocycles. The Morgan fingerprint density at radius 3 is 2.50 bits per heavy atom. The maximum atomic E-state index is 10.4. The number of benzene rings is 2. The van der Waals surface area contributed by atoms with Crippen molar-refractivity contribution in [2.75, 3.05) is 7.11 Å². The summed E-state index contributed by atoms with van der Waals surface area (Å²) in [5.41, 5.74) is 2.70. The fourth-order valence-electron chi connectivity index (χ4n) is 1.93. The molecule has 2 rings (SSSR count). The van der Waals surface area contributed by atoms with Gasteiger partial charge in [0.1, 0.15) is 11.9 Å². The van der Waals surface area contributed by atoms with Crippen molar-refractivity contribution < 1.29 is 9.84 Å². The molecular formula is C15H15ClO2. The van der Waals surface area contributed by atoms with Crippen LogP contribution in [0.4, 0.5) is 0 Å². The average molecular weight is 263 g/mol. The minimum absolute atomic E-state index is 0.502. The average Bonchev–Trinajstić information content (AvgIpc) is 2.38. The van der Waals surface area contributed by atoms with Crippen LogP contribution in [-0.2, 0) is 0 Å². The topological polar surface area (TPSA) is 29.5 Å². The smallest absolute Gasteiger partial charge is 0.137 e. The fourth-order valence-corrected chi connectivity index (χ4v) is 2.19. The highest BCUT2D eigenvalue weighted by Gasteiger charge is 2.14. The molecule has 0 heterocycles. The molecule has 0 radical (unpaired) electrons. The Hall–Kier alpha value is -1.51. The van der Waals surface area contributed by atoms with Crippen molar-refractivity contribution in [2.24, 2.45) is 0 Å². The molecule has 0 saturated heterocycles. The lowest BCUT2D eigenvalue weighted by Crippen LogP contribution is -2.02. The molecular weight excluding hydrogens is 248 g/mol. The number of aliphatic hydroxyl groups excluding tert-OH is 1. The summed E-state index contributed by atoms with van der Waals surface area (Å²) in [4.78, 5) is 0. The molecule has 0 aromatic heterocycles. The first-order valence-corrected chi connectivity index (χ1v) is 6.08. The number of methoxy groups -OCH3 is 1. The van der Waals surface area contributed by atoms with E-state index in [1.807, 2.05) is 37.3 Å². The van der Waals surface area contributed by atoms with Crippen LogP contribution in [0.15, 0.2) is 42.5 Å². The summed E-state index contributed by atoms with van der Waals surface area (Å²) in [7, 11) is 1.57. The Labute approximate surface area is 112 Å². The predicted octanol–water partition coefficient (Wildman–Crippen LogP) is 3.74. The van der Waals surface area contributed by atoms with Crippen molar-refractivity contribution in [3.8, 4) is 5.75 Å². The lowest BCUT2D eigenvalue weighted by molar-refractivity contribution is 0.219. The molecule has 1 N–H and O–H groups in total. The normalized spacial score (nSPS) is 12.2. The minimum atomic E-state index is -0.672. The van der Waals surface area contributed by atoms with Gasteiger partial charge >= 0.3 is 0 Å². The Kier molecular flexibility index (Phi) is 3.90. The van der Waals surface area contributed by atoms with E-state index in [4.69, 9.17) is 16.3 Å². The molecule has 0 aliphatic rings. The Morgan fingerprint density at radius 1 is 1.17 bits per heavy atom. The number of ether oxygens (including phenoxy) is 1. The zero-order chi connectivity index (χ0) is 13.1. The maximum Gasteiger partial charge on any atom is 0.137 e. The van der Waals surface area contributed by atoms with Crippen molar-refractivity contribution in [1.29, 1.82) is 0 Å². The van der Waals surface area contributed by atoms with Gasteiger partial charge in [0.2, 0.25) is 0 Å². The molecule has 0 fully saturated rings. The van der Waals surface area contributed by atoms with Crippen molar-refractivity contribution in [1.82, 2.24) is 0 Å². The second kappa shape index (κ2) is 5.42. The van der Waals surface area contributed by atoms with Gasteiger partial charge in [0.05, 0.1) is 12.1 Å². The third-order valence-electron chi connectivity index (χ3n) is 2.97. The second-order valence-electron chi connectivity index (χ2n) is 4.15. The molecule has 2 aromatic carbocycles. The second-order valence-corrected chi connectivity index (χ2v) is 4.56. The summed E-state index contributed by atoms with van der Waals surface area (Å²) in [6, 6.07) is 13.1. The van der Waals surface area contributed by atoms with Gasteiger partial charge in [-0.25, -0.2) is 0 Å². The Bertz CT molecular complexity index is 552. The van der Waals surface area contributed by atoms with Gasteiger partial charge in [-0.3, -0.25) is 0 Å². The van der Waals surface area contributed by atoms with Crippen molar-refractivity contribution in [3.63, 3.8) is 0 Å². The lowest BCUT2D eigenvalue weighted by atomic mass is 9.97. The van der Waals surface area contributed by atoms with Gasteiger partial charge < -0.3 is 9.84 Å². The van der Waals surface area contributed by atoms with Gasteiger partial charge in [-0.2, -0.15) is 0 Å². The van der Waals surface area contributed by atoms with Gasteiger partial charge in [-0.15, -0.1) is 0 Å². The molecule has 0 amide bonds. The van der Waals surface area contributed by atoms with Crippen LogP contribution in [0, 0.1) is 6.92 Å². The molecule has 1 unspecified atom stereocenters. The summed E-state index contributed by atoms with van der Waals surface area (Å²) in [5.74, 6) is 0.609. The highest BCUT2D eigenvalue weighted by atomic mass is 35.5. The number of hydrogen-bond donors (Lipinski definition) is 1. The van der Waals surface area contributed by atoms with Gasteiger partial charge in [-0.1, -0.05) is 41.9 Å². The molecule has 0 saturated carbocycles. The summed E-state index contributed by atoms with van der Waals surface area (Å²) in [6.07, 6.45) is -0.672. The number of aliphatic hydroxyl groups is 1. The van der Waals surface area contributed by atoms with Crippen molar-refractivity contribution >= 4 is 11.6 Å². The molecule has 94 valence electrons. The summed E-state index contributed by atoms with van der Waals surface area (Å²) in [5, 5.41) is 10.9. The van der Waals surface area contributed by atoms with Crippen LogP contribution in [0.2, 0.25) is 5.02 Å². The first-order chi connectivity index (χ1) is 8.63. The van der Waals surface area contributed by atoms with Crippen LogP contribution in [0.3, 0.4) is 0 Å².